The summed E-state index contributed by atoms with van der Waals surface area (Å²) in [5.41, 5.74) is 5.61. The summed E-state index contributed by atoms with van der Waals surface area (Å²) in [6.45, 7) is 7.26. The third-order valence-electron chi connectivity index (χ3n) is 1.84. The molecule has 0 spiro atoms. The van der Waals surface area contributed by atoms with E-state index in [4.69, 9.17) is 5.73 Å². The highest BCUT2D eigenvalue weighted by atomic mass is 14.5. The van der Waals surface area contributed by atoms with Gasteiger partial charge in [-0.2, -0.15) is 0 Å². The molecule has 0 bridgehead atoms. The van der Waals surface area contributed by atoms with E-state index in [1.54, 1.807) is 0 Å². The van der Waals surface area contributed by atoms with Crippen LogP contribution in [0.25, 0.3) is 0 Å². The Bertz CT molecular complexity index is 143. The Hall–Kier alpha value is -0.560. The van der Waals surface area contributed by atoms with Gasteiger partial charge in [-0.15, -0.1) is 0 Å². The molecule has 0 aromatic heterocycles. The Morgan fingerprint density at radius 2 is 1.91 bits per heavy atom. The van der Waals surface area contributed by atoms with Gasteiger partial charge in [-0.3, -0.25) is 0 Å². The predicted molar refractivity (Wildman–Crippen MR) is 51.4 cm³/mol. The molecule has 0 saturated carbocycles. The zero-order valence-corrected chi connectivity index (χ0v) is 7.80. The van der Waals surface area contributed by atoms with Gasteiger partial charge >= 0.3 is 0 Å². The third-order valence-corrected chi connectivity index (χ3v) is 1.84. The average molecular weight is 153 g/mol. The van der Waals surface area contributed by atoms with Crippen LogP contribution >= 0.6 is 0 Å². The zero-order chi connectivity index (χ0) is 8.74. The lowest BCUT2D eigenvalue weighted by molar-refractivity contribution is 0.462. The third kappa shape index (κ3) is 5.86. The normalized spacial score (nSPS) is 13.5. The maximum absolute atomic E-state index is 5.29. The van der Waals surface area contributed by atoms with E-state index in [-0.39, 0.29) is 0 Å². The molecular weight excluding hydrogens is 134 g/mol. The highest BCUT2D eigenvalue weighted by Gasteiger charge is 2.08. The quantitative estimate of drug-likeness (QED) is 0.617. The van der Waals surface area contributed by atoms with Crippen LogP contribution in [0, 0.1) is 5.41 Å². The smallest absolute Gasteiger partial charge is 0.0109 e. The number of rotatable bonds is 4. The monoisotopic (exact) mass is 153 g/mol. The summed E-state index contributed by atoms with van der Waals surface area (Å²) >= 11 is 0. The second kappa shape index (κ2) is 5.14. The molecule has 1 heteroatoms. The summed E-state index contributed by atoms with van der Waals surface area (Å²) < 4.78 is 0. The van der Waals surface area contributed by atoms with Gasteiger partial charge in [0.05, 0.1) is 0 Å². The van der Waals surface area contributed by atoms with Crippen LogP contribution in [0.15, 0.2) is 24.3 Å². The molecule has 0 aliphatic heterocycles. The Kier molecular flexibility index (Phi) is 4.88. The van der Waals surface area contributed by atoms with Gasteiger partial charge in [0, 0.05) is 6.54 Å². The summed E-state index contributed by atoms with van der Waals surface area (Å²) in [6.07, 6.45) is 9.38. The minimum atomic E-state index is 0.318. The number of allylic oxidation sites excluding steroid dienone is 3. The van der Waals surface area contributed by atoms with Crippen LogP contribution in [0.4, 0.5) is 0 Å². The Balaban J connectivity index is 3.81. The van der Waals surface area contributed by atoms with E-state index >= 15 is 0 Å². The van der Waals surface area contributed by atoms with Gasteiger partial charge in [-0.25, -0.2) is 0 Å². The first-order valence-corrected chi connectivity index (χ1v) is 4.17. The van der Waals surface area contributed by atoms with Crippen molar-refractivity contribution < 1.29 is 0 Å². The molecule has 0 aliphatic rings. The maximum atomic E-state index is 5.29. The lowest BCUT2D eigenvalue weighted by Crippen LogP contribution is -2.03. The van der Waals surface area contributed by atoms with Gasteiger partial charge in [0.1, 0.15) is 0 Å². The molecule has 11 heavy (non-hydrogen) atoms. The molecule has 0 unspecified atom stereocenters. The van der Waals surface area contributed by atoms with Gasteiger partial charge in [-0.1, -0.05) is 45.1 Å². The second-order valence-electron chi connectivity index (χ2n) is 3.37. The molecule has 64 valence electrons. The molecule has 0 amide bonds. The van der Waals surface area contributed by atoms with Crippen molar-refractivity contribution in [3.8, 4) is 0 Å². The molecule has 0 fully saturated rings. The Morgan fingerprint density at radius 1 is 1.27 bits per heavy atom. The van der Waals surface area contributed by atoms with Crippen molar-refractivity contribution >= 4 is 0 Å². The molecule has 0 aromatic rings. The van der Waals surface area contributed by atoms with E-state index in [1.807, 2.05) is 12.2 Å². The SMILES string of the molecule is CCC(C)(C)C=C/C=C/CN. The van der Waals surface area contributed by atoms with Crippen molar-refractivity contribution in [2.45, 2.75) is 27.2 Å². The topological polar surface area (TPSA) is 26.0 Å². The molecule has 0 aliphatic carbocycles. The van der Waals surface area contributed by atoms with E-state index in [1.165, 1.54) is 6.42 Å². The van der Waals surface area contributed by atoms with Crippen LogP contribution < -0.4 is 5.73 Å². The van der Waals surface area contributed by atoms with Crippen molar-refractivity contribution in [1.82, 2.24) is 0 Å². The molecule has 0 rings (SSSR count). The van der Waals surface area contributed by atoms with Crippen LogP contribution in [0.2, 0.25) is 0 Å². The fraction of sp³-hybridized carbons (Fsp3) is 0.600. The Morgan fingerprint density at radius 3 is 2.36 bits per heavy atom. The van der Waals surface area contributed by atoms with Crippen LogP contribution in [-0.4, -0.2) is 6.54 Å². The fourth-order valence-electron chi connectivity index (χ4n) is 0.591. The standard InChI is InChI=1S/C10H19N/c1-4-10(2,3)8-6-5-7-9-11/h5-8H,4,9,11H2,1-3H3/b7-5+,8-6?. The lowest BCUT2D eigenvalue weighted by Gasteiger charge is -2.15. The summed E-state index contributed by atoms with van der Waals surface area (Å²) in [5, 5.41) is 0. The number of hydrogen-bond acceptors (Lipinski definition) is 1. The summed E-state index contributed by atoms with van der Waals surface area (Å²) in [5.74, 6) is 0. The molecule has 0 aromatic carbocycles. The molecule has 0 atom stereocenters. The highest BCUT2D eigenvalue weighted by Crippen LogP contribution is 2.20. The minimum Gasteiger partial charge on any atom is -0.327 e. The molecule has 1 nitrogen and oxygen atoms in total. The molecule has 0 heterocycles. The van der Waals surface area contributed by atoms with E-state index in [2.05, 4.69) is 32.9 Å². The first-order valence-electron chi connectivity index (χ1n) is 4.17. The van der Waals surface area contributed by atoms with Gasteiger partial charge in [-0.05, 0) is 11.8 Å². The largest absolute Gasteiger partial charge is 0.327 e. The van der Waals surface area contributed by atoms with Crippen molar-refractivity contribution in [3.63, 3.8) is 0 Å². The van der Waals surface area contributed by atoms with Crippen LogP contribution in [-0.2, 0) is 0 Å². The van der Waals surface area contributed by atoms with Gasteiger partial charge in [0.15, 0.2) is 0 Å². The Labute approximate surface area is 70.0 Å². The van der Waals surface area contributed by atoms with Gasteiger partial charge in [0.2, 0.25) is 0 Å². The van der Waals surface area contributed by atoms with Crippen molar-refractivity contribution in [2.75, 3.05) is 6.54 Å². The molecular formula is C10H19N. The number of hydrogen-bond donors (Lipinski definition) is 1. The van der Waals surface area contributed by atoms with Crippen LogP contribution in [0.5, 0.6) is 0 Å². The average Bonchev–Trinajstić information content (AvgIpc) is 1.99. The summed E-state index contributed by atoms with van der Waals surface area (Å²) in [4.78, 5) is 0. The maximum Gasteiger partial charge on any atom is 0.0109 e. The lowest BCUT2D eigenvalue weighted by atomic mass is 9.90. The van der Waals surface area contributed by atoms with E-state index in [9.17, 15) is 0 Å². The van der Waals surface area contributed by atoms with Crippen molar-refractivity contribution in [2.24, 2.45) is 11.1 Å². The van der Waals surface area contributed by atoms with Crippen LogP contribution in [0.3, 0.4) is 0 Å². The van der Waals surface area contributed by atoms with Crippen LogP contribution in [0.1, 0.15) is 27.2 Å². The number of nitrogens with two attached hydrogens (primary N) is 1. The van der Waals surface area contributed by atoms with Gasteiger partial charge < -0.3 is 5.73 Å². The molecule has 0 saturated heterocycles. The minimum absolute atomic E-state index is 0.318. The highest BCUT2D eigenvalue weighted by molar-refractivity contribution is 5.06. The predicted octanol–water partition coefficient (Wildman–Crippen LogP) is 2.49. The molecule has 2 N–H and O–H groups in total. The fourth-order valence-corrected chi connectivity index (χ4v) is 0.591. The first-order chi connectivity index (χ1) is 5.12. The van der Waals surface area contributed by atoms with E-state index < -0.39 is 0 Å². The van der Waals surface area contributed by atoms with E-state index in [0.717, 1.165) is 0 Å². The molecule has 0 radical (unpaired) electrons. The van der Waals surface area contributed by atoms with E-state index in [0.29, 0.717) is 12.0 Å². The first kappa shape index (κ1) is 10.4. The zero-order valence-electron chi connectivity index (χ0n) is 7.80. The van der Waals surface area contributed by atoms with Crippen molar-refractivity contribution in [1.29, 1.82) is 0 Å². The summed E-state index contributed by atoms with van der Waals surface area (Å²) in [6, 6.07) is 0. The van der Waals surface area contributed by atoms with Crippen molar-refractivity contribution in [3.05, 3.63) is 24.3 Å². The second-order valence-corrected chi connectivity index (χ2v) is 3.37. The summed E-state index contributed by atoms with van der Waals surface area (Å²) in [7, 11) is 0. The van der Waals surface area contributed by atoms with Gasteiger partial charge in [0.25, 0.3) is 0 Å².